The first kappa shape index (κ1) is 15.2. The van der Waals surface area contributed by atoms with Gasteiger partial charge in [0.2, 0.25) is 0 Å². The van der Waals surface area contributed by atoms with Crippen LogP contribution in [0.15, 0.2) is 61.7 Å². The van der Waals surface area contributed by atoms with Gasteiger partial charge >= 0.3 is 0 Å². The molecule has 0 aliphatic carbocycles. The Morgan fingerprint density at radius 2 is 0.962 bits per heavy atom. The van der Waals surface area contributed by atoms with Crippen LogP contribution in [0, 0.1) is 13.8 Å². The fraction of sp³-hybridized carbons (Fsp3) is 0.0769. The molecule has 5 rings (SSSR count). The lowest BCUT2D eigenvalue weighted by atomic mass is 9.83. The molecule has 26 heavy (non-hydrogen) atoms. The van der Waals surface area contributed by atoms with E-state index in [9.17, 15) is 0 Å². The van der Waals surface area contributed by atoms with Crippen molar-refractivity contribution in [2.24, 2.45) is 0 Å². The Morgan fingerprint density at radius 3 is 1.35 bits per heavy atom. The average molecular weight is 332 g/mol. The second-order valence-corrected chi connectivity index (χ2v) is 7.25. The zero-order valence-corrected chi connectivity index (χ0v) is 15.2. The monoisotopic (exact) mass is 332 g/mol. The molecule has 0 saturated heterocycles. The Hall–Kier alpha value is -3.12. The lowest BCUT2D eigenvalue weighted by molar-refractivity contribution is 1.51. The van der Waals surface area contributed by atoms with Crippen molar-refractivity contribution >= 4 is 55.2 Å². The molecule has 0 heteroatoms. The topological polar surface area (TPSA) is 0 Å². The molecule has 0 atom stereocenters. The van der Waals surface area contributed by atoms with Gasteiger partial charge in [0.05, 0.1) is 0 Å². The van der Waals surface area contributed by atoms with Crippen LogP contribution in [0.4, 0.5) is 0 Å². The van der Waals surface area contributed by atoms with Crippen LogP contribution in [0.1, 0.15) is 22.3 Å². The standard InChI is InChI=1S/C26H20/c1-5-17-18(6-2)22-12-16(4)14-24-20-10-8-7-9-19(20)23-13-15(3)11-21(17)25(23)26(22)24/h5-14H,1-2H2,3-4H3. The average Bonchev–Trinajstić information content (AvgIpc) is 2.65. The molecule has 0 radical (unpaired) electrons. The molecule has 0 amide bonds. The van der Waals surface area contributed by atoms with Crippen LogP contribution in [0.25, 0.3) is 55.2 Å². The first-order valence-corrected chi connectivity index (χ1v) is 9.03. The smallest absolute Gasteiger partial charge is 0.00137 e. The van der Waals surface area contributed by atoms with Gasteiger partial charge in [-0.3, -0.25) is 0 Å². The quantitative estimate of drug-likeness (QED) is 0.230. The summed E-state index contributed by atoms with van der Waals surface area (Å²) in [6, 6.07) is 18.0. The Morgan fingerprint density at radius 1 is 0.577 bits per heavy atom. The van der Waals surface area contributed by atoms with Crippen molar-refractivity contribution in [1.29, 1.82) is 0 Å². The number of rotatable bonds is 2. The SMILES string of the molecule is C=Cc1c(C=C)c2cc(C)cc3c4ccccc4c4cc(C)cc1c4c23. The van der Waals surface area contributed by atoms with E-state index in [-0.39, 0.29) is 0 Å². The number of aryl methyl sites for hydroxylation is 2. The van der Waals surface area contributed by atoms with Crippen LogP contribution in [-0.2, 0) is 0 Å². The van der Waals surface area contributed by atoms with Crippen molar-refractivity contribution in [3.63, 3.8) is 0 Å². The molecule has 0 bridgehead atoms. The summed E-state index contributed by atoms with van der Waals surface area (Å²) in [6.45, 7) is 12.6. The molecular weight excluding hydrogens is 312 g/mol. The first-order valence-electron chi connectivity index (χ1n) is 9.03. The zero-order valence-electron chi connectivity index (χ0n) is 15.2. The van der Waals surface area contributed by atoms with Crippen molar-refractivity contribution in [1.82, 2.24) is 0 Å². The summed E-state index contributed by atoms with van der Waals surface area (Å²) in [6.07, 6.45) is 3.97. The van der Waals surface area contributed by atoms with E-state index in [2.05, 4.69) is 75.5 Å². The minimum atomic E-state index is 1.18. The van der Waals surface area contributed by atoms with E-state index in [1.165, 1.54) is 65.3 Å². The number of hydrogen-bond donors (Lipinski definition) is 0. The minimum absolute atomic E-state index is 1.18. The Kier molecular flexibility index (Phi) is 3.02. The molecule has 5 aromatic rings. The Bertz CT molecular complexity index is 1260. The molecule has 0 unspecified atom stereocenters. The normalized spacial score (nSPS) is 11.8. The predicted molar refractivity (Wildman–Crippen MR) is 117 cm³/mol. The number of benzene rings is 5. The molecule has 0 N–H and O–H groups in total. The van der Waals surface area contributed by atoms with Crippen molar-refractivity contribution in [2.75, 3.05) is 0 Å². The third-order valence-electron chi connectivity index (χ3n) is 5.60. The third-order valence-corrected chi connectivity index (χ3v) is 5.60. The highest BCUT2D eigenvalue weighted by molar-refractivity contribution is 6.35. The van der Waals surface area contributed by atoms with Gasteiger partial charge in [-0.15, -0.1) is 0 Å². The van der Waals surface area contributed by atoms with Gasteiger partial charge < -0.3 is 0 Å². The van der Waals surface area contributed by atoms with Gasteiger partial charge in [-0.05, 0) is 79.2 Å². The van der Waals surface area contributed by atoms with Crippen molar-refractivity contribution in [3.05, 3.63) is 83.9 Å². The van der Waals surface area contributed by atoms with E-state index in [0.717, 1.165) is 0 Å². The predicted octanol–water partition coefficient (Wildman–Crippen LogP) is 7.64. The molecule has 0 aliphatic heterocycles. The largest absolute Gasteiger partial charge is 0.0984 e. The van der Waals surface area contributed by atoms with Gasteiger partial charge in [0, 0.05) is 0 Å². The maximum Gasteiger partial charge on any atom is -0.00137 e. The second kappa shape index (κ2) is 5.19. The van der Waals surface area contributed by atoms with Crippen molar-refractivity contribution in [3.8, 4) is 0 Å². The molecule has 0 aliphatic rings. The van der Waals surface area contributed by atoms with Crippen LogP contribution < -0.4 is 0 Å². The van der Waals surface area contributed by atoms with Crippen LogP contribution >= 0.6 is 0 Å². The van der Waals surface area contributed by atoms with Gasteiger partial charge in [0.1, 0.15) is 0 Å². The second-order valence-electron chi connectivity index (χ2n) is 7.25. The van der Waals surface area contributed by atoms with Gasteiger partial charge in [-0.2, -0.15) is 0 Å². The van der Waals surface area contributed by atoms with E-state index in [0.29, 0.717) is 0 Å². The first-order chi connectivity index (χ1) is 12.6. The molecule has 0 saturated carbocycles. The molecule has 5 aromatic carbocycles. The minimum Gasteiger partial charge on any atom is -0.0984 e. The van der Waals surface area contributed by atoms with Gasteiger partial charge in [-0.25, -0.2) is 0 Å². The highest BCUT2D eigenvalue weighted by Crippen LogP contribution is 2.45. The van der Waals surface area contributed by atoms with E-state index in [4.69, 9.17) is 0 Å². The van der Waals surface area contributed by atoms with Crippen LogP contribution in [0.3, 0.4) is 0 Å². The maximum absolute atomic E-state index is 4.12. The summed E-state index contributed by atoms with van der Waals surface area (Å²) in [4.78, 5) is 0. The Balaban J connectivity index is 2.31. The molecule has 0 aromatic heterocycles. The Labute approximate surface area is 153 Å². The molecule has 124 valence electrons. The van der Waals surface area contributed by atoms with E-state index < -0.39 is 0 Å². The molecule has 0 fully saturated rings. The summed E-state index contributed by atoms with van der Waals surface area (Å²) in [5.41, 5.74) is 4.91. The highest BCUT2D eigenvalue weighted by Gasteiger charge is 2.18. The van der Waals surface area contributed by atoms with Crippen molar-refractivity contribution < 1.29 is 0 Å². The lowest BCUT2D eigenvalue weighted by Gasteiger charge is -2.20. The highest BCUT2D eigenvalue weighted by atomic mass is 14.2. The maximum atomic E-state index is 4.12. The number of fused-ring (bicyclic) bond motifs is 3. The summed E-state index contributed by atoms with van der Waals surface area (Å²) >= 11 is 0. The summed E-state index contributed by atoms with van der Waals surface area (Å²) in [5, 5.41) is 10.5. The summed E-state index contributed by atoms with van der Waals surface area (Å²) in [5.74, 6) is 0. The van der Waals surface area contributed by atoms with E-state index in [1.54, 1.807) is 0 Å². The molecule has 0 nitrogen and oxygen atoms in total. The number of hydrogen-bond acceptors (Lipinski definition) is 0. The van der Waals surface area contributed by atoms with Crippen LogP contribution in [0.2, 0.25) is 0 Å². The molecule has 0 heterocycles. The molecule has 0 spiro atoms. The fourth-order valence-corrected chi connectivity index (χ4v) is 4.64. The van der Waals surface area contributed by atoms with Gasteiger partial charge in [-0.1, -0.05) is 73.8 Å². The van der Waals surface area contributed by atoms with Crippen molar-refractivity contribution in [2.45, 2.75) is 13.8 Å². The molecular formula is C26H20. The third kappa shape index (κ3) is 1.79. The zero-order chi connectivity index (χ0) is 18.0. The van der Waals surface area contributed by atoms with Gasteiger partial charge in [0.25, 0.3) is 0 Å². The fourth-order valence-electron chi connectivity index (χ4n) is 4.64. The summed E-state index contributed by atoms with van der Waals surface area (Å²) in [7, 11) is 0. The van der Waals surface area contributed by atoms with E-state index >= 15 is 0 Å². The van der Waals surface area contributed by atoms with Crippen LogP contribution in [-0.4, -0.2) is 0 Å². The summed E-state index contributed by atoms with van der Waals surface area (Å²) < 4.78 is 0. The van der Waals surface area contributed by atoms with Crippen LogP contribution in [0.5, 0.6) is 0 Å². The lowest BCUT2D eigenvalue weighted by Crippen LogP contribution is -1.95. The van der Waals surface area contributed by atoms with Gasteiger partial charge in [0.15, 0.2) is 0 Å². The van der Waals surface area contributed by atoms with E-state index in [1.807, 2.05) is 12.2 Å².